The van der Waals surface area contributed by atoms with Gasteiger partial charge in [-0.05, 0) is 20.8 Å². The van der Waals surface area contributed by atoms with Crippen molar-refractivity contribution in [3.8, 4) is 0 Å². The van der Waals surface area contributed by atoms with Crippen LogP contribution in [0.4, 0.5) is 4.79 Å². The summed E-state index contributed by atoms with van der Waals surface area (Å²) in [5, 5.41) is 0. The third-order valence-electron chi connectivity index (χ3n) is 1.39. The van der Waals surface area contributed by atoms with Crippen LogP contribution in [0.1, 0.15) is 20.8 Å². The van der Waals surface area contributed by atoms with E-state index in [0.29, 0.717) is 24.6 Å². The van der Waals surface area contributed by atoms with Crippen molar-refractivity contribution in [2.24, 2.45) is 0 Å². The highest BCUT2D eigenvalue weighted by Gasteiger charge is 2.20. The second-order valence-electron chi connectivity index (χ2n) is 3.91. The smallest absolute Gasteiger partial charge is 0.410 e. The van der Waals surface area contributed by atoms with Gasteiger partial charge in [0.2, 0.25) is 0 Å². The number of nitrogens with zero attached hydrogens (tertiary/aromatic N) is 1. The third kappa shape index (κ3) is 6.43. The van der Waals surface area contributed by atoms with E-state index in [2.05, 4.69) is 25.3 Å². The number of carbonyl (C=O) groups excluding carboxylic acids is 1. The molecule has 0 aliphatic rings. The van der Waals surface area contributed by atoms with Crippen molar-refractivity contribution >= 4 is 31.4 Å². The van der Waals surface area contributed by atoms with Crippen LogP contribution in [0.25, 0.3) is 0 Å². The molecule has 0 aliphatic heterocycles. The monoisotopic (exact) mass is 237 g/mol. The predicted octanol–water partition coefficient (Wildman–Crippen LogP) is 2.08. The molecule has 0 aromatic rings. The predicted molar refractivity (Wildman–Crippen MR) is 65.5 cm³/mol. The average Bonchev–Trinajstić information content (AvgIpc) is 2.01. The Labute approximate surface area is 97.0 Å². The van der Waals surface area contributed by atoms with Crippen LogP contribution in [0.2, 0.25) is 0 Å². The molecule has 0 aliphatic carbocycles. The summed E-state index contributed by atoms with van der Waals surface area (Å²) in [4.78, 5) is 13.2. The van der Waals surface area contributed by atoms with Gasteiger partial charge in [-0.1, -0.05) is 0 Å². The zero-order valence-electron chi connectivity index (χ0n) is 8.99. The lowest BCUT2D eigenvalue weighted by Crippen LogP contribution is -2.39. The minimum atomic E-state index is -0.442. The van der Waals surface area contributed by atoms with Gasteiger partial charge in [-0.25, -0.2) is 4.79 Å². The Morgan fingerprint density at radius 2 is 1.64 bits per heavy atom. The maximum absolute atomic E-state index is 11.6. The SMILES string of the molecule is CC(C)(C)OC(=O)N(CCS)CCS. The number of ether oxygens (including phenoxy) is 1. The van der Waals surface area contributed by atoms with Crippen LogP contribution in [0, 0.1) is 0 Å². The van der Waals surface area contributed by atoms with E-state index in [4.69, 9.17) is 4.74 Å². The van der Waals surface area contributed by atoms with Crippen LogP contribution in [-0.4, -0.2) is 41.2 Å². The minimum absolute atomic E-state index is 0.291. The fraction of sp³-hybridized carbons (Fsp3) is 0.889. The molecule has 0 unspecified atom stereocenters. The van der Waals surface area contributed by atoms with Gasteiger partial charge < -0.3 is 9.64 Å². The average molecular weight is 237 g/mol. The summed E-state index contributed by atoms with van der Waals surface area (Å²) in [6.07, 6.45) is -0.291. The van der Waals surface area contributed by atoms with Crippen LogP contribution >= 0.6 is 25.3 Å². The second-order valence-corrected chi connectivity index (χ2v) is 4.81. The van der Waals surface area contributed by atoms with E-state index in [1.54, 1.807) is 4.90 Å². The van der Waals surface area contributed by atoms with Crippen LogP contribution in [-0.2, 0) is 4.74 Å². The number of thiol groups is 2. The van der Waals surface area contributed by atoms with Crippen molar-refractivity contribution in [2.45, 2.75) is 26.4 Å². The summed E-state index contributed by atoms with van der Waals surface area (Å²) < 4.78 is 5.22. The highest BCUT2D eigenvalue weighted by molar-refractivity contribution is 7.80. The molecule has 0 bridgehead atoms. The molecule has 0 atom stereocenters. The number of hydrogen-bond acceptors (Lipinski definition) is 4. The van der Waals surface area contributed by atoms with E-state index < -0.39 is 5.60 Å². The lowest BCUT2D eigenvalue weighted by atomic mass is 10.2. The van der Waals surface area contributed by atoms with Gasteiger partial charge >= 0.3 is 6.09 Å². The van der Waals surface area contributed by atoms with Gasteiger partial charge in [0.05, 0.1) is 0 Å². The summed E-state index contributed by atoms with van der Waals surface area (Å²) >= 11 is 8.17. The Balaban J connectivity index is 4.14. The molecule has 0 saturated carbocycles. The molecular weight excluding hydrogens is 218 g/mol. The van der Waals surface area contributed by atoms with Crippen LogP contribution < -0.4 is 0 Å². The highest BCUT2D eigenvalue weighted by Crippen LogP contribution is 2.09. The first-order valence-electron chi connectivity index (χ1n) is 4.60. The maximum Gasteiger partial charge on any atom is 0.410 e. The Hall–Kier alpha value is -0.0300. The number of amides is 1. The number of carbonyl (C=O) groups is 1. The van der Waals surface area contributed by atoms with E-state index in [9.17, 15) is 4.79 Å². The molecule has 84 valence electrons. The van der Waals surface area contributed by atoms with Gasteiger partial charge in [0.15, 0.2) is 0 Å². The zero-order valence-corrected chi connectivity index (χ0v) is 10.8. The van der Waals surface area contributed by atoms with E-state index in [1.807, 2.05) is 20.8 Å². The molecule has 0 rings (SSSR count). The van der Waals surface area contributed by atoms with E-state index in [0.717, 1.165) is 0 Å². The molecule has 1 amide bonds. The molecule has 5 heteroatoms. The molecule has 0 aromatic carbocycles. The van der Waals surface area contributed by atoms with Gasteiger partial charge in [-0.3, -0.25) is 0 Å². The molecule has 14 heavy (non-hydrogen) atoms. The summed E-state index contributed by atoms with van der Waals surface area (Å²) in [7, 11) is 0. The summed E-state index contributed by atoms with van der Waals surface area (Å²) in [5.74, 6) is 1.26. The number of rotatable bonds is 4. The summed E-state index contributed by atoms with van der Waals surface area (Å²) in [6, 6.07) is 0. The molecule has 0 aromatic heterocycles. The quantitative estimate of drug-likeness (QED) is 0.733. The molecule has 0 N–H and O–H groups in total. The Morgan fingerprint density at radius 1 is 1.21 bits per heavy atom. The summed E-state index contributed by atoms with van der Waals surface area (Å²) in [5.41, 5.74) is -0.442. The normalized spacial score (nSPS) is 11.2. The Bertz CT molecular complexity index is 174. The van der Waals surface area contributed by atoms with Crippen molar-refractivity contribution < 1.29 is 9.53 Å². The Kier molecular flexibility index (Phi) is 6.44. The molecule has 3 nitrogen and oxygen atoms in total. The standard InChI is InChI=1S/C9H19NO2S2/c1-9(2,3)12-8(11)10(4-6-13)5-7-14/h13-14H,4-7H2,1-3H3. The van der Waals surface area contributed by atoms with Gasteiger partial charge in [0.1, 0.15) is 5.60 Å². The van der Waals surface area contributed by atoms with E-state index in [1.165, 1.54) is 0 Å². The van der Waals surface area contributed by atoms with Gasteiger partial charge in [0.25, 0.3) is 0 Å². The lowest BCUT2D eigenvalue weighted by Gasteiger charge is -2.26. The number of hydrogen-bond donors (Lipinski definition) is 2. The van der Waals surface area contributed by atoms with Crippen LogP contribution in [0.5, 0.6) is 0 Å². The highest BCUT2D eigenvalue weighted by atomic mass is 32.1. The molecular formula is C9H19NO2S2. The molecule has 0 saturated heterocycles. The van der Waals surface area contributed by atoms with Gasteiger partial charge in [-0.2, -0.15) is 25.3 Å². The van der Waals surface area contributed by atoms with Crippen molar-refractivity contribution in [3.05, 3.63) is 0 Å². The van der Waals surface area contributed by atoms with Crippen molar-refractivity contribution in [2.75, 3.05) is 24.6 Å². The Morgan fingerprint density at radius 3 is 1.93 bits per heavy atom. The largest absolute Gasteiger partial charge is 0.444 e. The van der Waals surface area contributed by atoms with Crippen LogP contribution in [0.3, 0.4) is 0 Å². The fourth-order valence-electron chi connectivity index (χ4n) is 0.862. The van der Waals surface area contributed by atoms with Crippen LogP contribution in [0.15, 0.2) is 0 Å². The first-order valence-corrected chi connectivity index (χ1v) is 5.87. The molecule has 0 heterocycles. The molecule has 0 fully saturated rings. The van der Waals surface area contributed by atoms with Gasteiger partial charge in [0, 0.05) is 24.6 Å². The topological polar surface area (TPSA) is 29.5 Å². The first kappa shape index (κ1) is 14.0. The first-order chi connectivity index (χ1) is 6.40. The van der Waals surface area contributed by atoms with Crippen molar-refractivity contribution in [1.82, 2.24) is 4.90 Å². The van der Waals surface area contributed by atoms with E-state index in [-0.39, 0.29) is 6.09 Å². The fourth-order valence-corrected chi connectivity index (χ4v) is 1.35. The lowest BCUT2D eigenvalue weighted by molar-refractivity contribution is 0.0274. The van der Waals surface area contributed by atoms with Gasteiger partial charge in [-0.15, -0.1) is 0 Å². The minimum Gasteiger partial charge on any atom is -0.444 e. The molecule has 0 radical (unpaired) electrons. The zero-order chi connectivity index (χ0) is 11.2. The van der Waals surface area contributed by atoms with E-state index >= 15 is 0 Å². The second kappa shape index (κ2) is 6.45. The van der Waals surface area contributed by atoms with Crippen molar-refractivity contribution in [1.29, 1.82) is 0 Å². The van der Waals surface area contributed by atoms with Crippen molar-refractivity contribution in [3.63, 3.8) is 0 Å². The molecule has 0 spiro atoms. The third-order valence-corrected chi connectivity index (χ3v) is 1.79. The summed E-state index contributed by atoms with van der Waals surface area (Å²) in [6.45, 7) is 6.75. The maximum atomic E-state index is 11.6.